The van der Waals surface area contributed by atoms with Gasteiger partial charge in [0.2, 0.25) is 0 Å². The Morgan fingerprint density at radius 2 is 1.30 bits per heavy atom. The van der Waals surface area contributed by atoms with Crippen LogP contribution in [0.5, 0.6) is 0 Å². The molecule has 0 aliphatic carbocycles. The van der Waals surface area contributed by atoms with E-state index in [1.54, 1.807) is 0 Å². The molecule has 0 amide bonds. The van der Waals surface area contributed by atoms with E-state index in [-0.39, 0.29) is 5.78 Å². The third kappa shape index (κ3) is 4.35. The van der Waals surface area contributed by atoms with Crippen LogP contribution in [0.3, 0.4) is 0 Å². The van der Waals surface area contributed by atoms with Crippen LogP contribution in [-0.2, 0) is 0 Å². The Bertz CT molecular complexity index is 863. The zero-order valence-electron chi connectivity index (χ0n) is 15.6. The number of hydrogen-bond donors (Lipinski definition) is 0. The molecule has 0 bridgehead atoms. The van der Waals surface area contributed by atoms with Gasteiger partial charge in [-0.2, -0.15) is 0 Å². The molecular weight excluding hydrogens is 330 g/mol. The SMILES string of the molecule is O=C(CN1CCC(c2ccc(-c3ccccc3)cc2)CC1)c1ccccc1. The Labute approximate surface area is 161 Å². The normalized spacial score (nSPS) is 15.6. The topological polar surface area (TPSA) is 20.3 Å². The van der Waals surface area contributed by atoms with Gasteiger partial charge in [-0.05, 0) is 48.5 Å². The summed E-state index contributed by atoms with van der Waals surface area (Å²) < 4.78 is 0. The average Bonchev–Trinajstić information content (AvgIpc) is 2.76. The number of Topliss-reactive ketones (excluding diaryl/α,β-unsaturated/α-hetero) is 1. The van der Waals surface area contributed by atoms with Crippen LogP contribution >= 0.6 is 0 Å². The van der Waals surface area contributed by atoms with Gasteiger partial charge in [0.1, 0.15) is 0 Å². The molecule has 0 spiro atoms. The van der Waals surface area contributed by atoms with Crippen LogP contribution in [0, 0.1) is 0 Å². The fourth-order valence-corrected chi connectivity index (χ4v) is 3.92. The van der Waals surface area contributed by atoms with Crippen molar-refractivity contribution < 1.29 is 4.79 Å². The molecule has 0 saturated carbocycles. The highest BCUT2D eigenvalue weighted by atomic mass is 16.1. The van der Waals surface area contributed by atoms with E-state index >= 15 is 0 Å². The zero-order chi connectivity index (χ0) is 18.5. The molecule has 0 N–H and O–H groups in total. The van der Waals surface area contributed by atoms with Crippen LogP contribution in [0.1, 0.15) is 34.7 Å². The third-order valence-corrected chi connectivity index (χ3v) is 5.54. The van der Waals surface area contributed by atoms with Gasteiger partial charge in [0, 0.05) is 5.56 Å². The molecule has 1 saturated heterocycles. The van der Waals surface area contributed by atoms with E-state index < -0.39 is 0 Å². The van der Waals surface area contributed by atoms with Crippen molar-refractivity contribution in [1.82, 2.24) is 4.90 Å². The van der Waals surface area contributed by atoms with E-state index in [1.807, 2.05) is 36.4 Å². The number of nitrogens with zero attached hydrogens (tertiary/aromatic N) is 1. The first-order valence-corrected chi connectivity index (χ1v) is 9.75. The maximum absolute atomic E-state index is 12.4. The van der Waals surface area contributed by atoms with Gasteiger partial charge in [-0.1, -0.05) is 84.9 Å². The first-order valence-electron chi connectivity index (χ1n) is 9.75. The maximum Gasteiger partial charge on any atom is 0.176 e. The van der Waals surface area contributed by atoms with E-state index in [4.69, 9.17) is 0 Å². The van der Waals surface area contributed by atoms with Crippen molar-refractivity contribution in [2.24, 2.45) is 0 Å². The molecule has 0 aromatic heterocycles. The summed E-state index contributed by atoms with van der Waals surface area (Å²) in [6.45, 7) is 2.51. The molecule has 1 heterocycles. The maximum atomic E-state index is 12.4. The Hall–Kier alpha value is -2.71. The molecule has 0 atom stereocenters. The van der Waals surface area contributed by atoms with Crippen LogP contribution < -0.4 is 0 Å². The lowest BCUT2D eigenvalue weighted by Gasteiger charge is -2.31. The van der Waals surface area contributed by atoms with Crippen LogP contribution in [0.25, 0.3) is 11.1 Å². The largest absolute Gasteiger partial charge is 0.296 e. The summed E-state index contributed by atoms with van der Waals surface area (Å²) in [6, 6.07) is 29.1. The highest BCUT2D eigenvalue weighted by Crippen LogP contribution is 2.30. The van der Waals surface area contributed by atoms with Crippen LogP contribution in [0.2, 0.25) is 0 Å². The molecule has 1 fully saturated rings. The monoisotopic (exact) mass is 355 g/mol. The van der Waals surface area contributed by atoms with Crippen molar-refractivity contribution in [2.75, 3.05) is 19.6 Å². The number of hydrogen-bond acceptors (Lipinski definition) is 2. The van der Waals surface area contributed by atoms with Gasteiger partial charge in [-0.3, -0.25) is 9.69 Å². The van der Waals surface area contributed by atoms with Crippen molar-refractivity contribution in [2.45, 2.75) is 18.8 Å². The lowest BCUT2D eigenvalue weighted by atomic mass is 9.88. The second-order valence-electron chi connectivity index (χ2n) is 7.33. The third-order valence-electron chi connectivity index (χ3n) is 5.54. The van der Waals surface area contributed by atoms with E-state index in [1.165, 1.54) is 16.7 Å². The van der Waals surface area contributed by atoms with E-state index in [2.05, 4.69) is 53.4 Å². The zero-order valence-corrected chi connectivity index (χ0v) is 15.6. The number of likely N-dealkylation sites (tertiary alicyclic amines) is 1. The second-order valence-corrected chi connectivity index (χ2v) is 7.33. The number of carbonyl (C=O) groups excluding carboxylic acids is 1. The Kier molecular flexibility index (Phi) is 5.45. The van der Waals surface area contributed by atoms with E-state index in [0.29, 0.717) is 12.5 Å². The Morgan fingerprint density at radius 1 is 0.741 bits per heavy atom. The minimum absolute atomic E-state index is 0.223. The van der Waals surface area contributed by atoms with E-state index in [9.17, 15) is 4.79 Å². The van der Waals surface area contributed by atoms with Gasteiger partial charge in [0.15, 0.2) is 5.78 Å². The first-order chi connectivity index (χ1) is 13.3. The van der Waals surface area contributed by atoms with E-state index in [0.717, 1.165) is 31.5 Å². The number of ketones is 1. The average molecular weight is 355 g/mol. The molecule has 136 valence electrons. The fraction of sp³-hybridized carbons (Fsp3) is 0.240. The van der Waals surface area contributed by atoms with Crippen molar-refractivity contribution in [3.8, 4) is 11.1 Å². The molecule has 27 heavy (non-hydrogen) atoms. The van der Waals surface area contributed by atoms with Crippen molar-refractivity contribution in [3.05, 3.63) is 96.1 Å². The Morgan fingerprint density at radius 3 is 1.93 bits per heavy atom. The summed E-state index contributed by atoms with van der Waals surface area (Å²) in [7, 11) is 0. The molecule has 2 heteroatoms. The predicted octanol–water partition coefficient (Wildman–Crippen LogP) is 5.42. The fourth-order valence-electron chi connectivity index (χ4n) is 3.92. The first kappa shape index (κ1) is 17.7. The van der Waals surface area contributed by atoms with Gasteiger partial charge >= 0.3 is 0 Å². The lowest BCUT2D eigenvalue weighted by molar-refractivity contribution is 0.0909. The van der Waals surface area contributed by atoms with Crippen molar-refractivity contribution >= 4 is 5.78 Å². The number of carbonyl (C=O) groups is 1. The minimum Gasteiger partial charge on any atom is -0.296 e. The van der Waals surface area contributed by atoms with Gasteiger partial charge < -0.3 is 0 Å². The van der Waals surface area contributed by atoms with Crippen LogP contribution in [0.4, 0.5) is 0 Å². The molecule has 1 aliphatic heterocycles. The number of rotatable bonds is 5. The minimum atomic E-state index is 0.223. The van der Waals surface area contributed by atoms with Crippen LogP contribution in [-0.4, -0.2) is 30.3 Å². The summed E-state index contributed by atoms with van der Waals surface area (Å²) in [6.07, 6.45) is 2.24. The highest BCUT2D eigenvalue weighted by molar-refractivity contribution is 5.97. The quantitative estimate of drug-likeness (QED) is 0.570. The lowest BCUT2D eigenvalue weighted by Crippen LogP contribution is -2.36. The molecule has 4 rings (SSSR count). The molecule has 0 unspecified atom stereocenters. The summed E-state index contributed by atoms with van der Waals surface area (Å²) in [5.74, 6) is 0.819. The van der Waals surface area contributed by atoms with Gasteiger partial charge in [0.05, 0.1) is 6.54 Å². The van der Waals surface area contributed by atoms with Crippen molar-refractivity contribution in [3.63, 3.8) is 0 Å². The number of benzene rings is 3. The molecule has 2 nitrogen and oxygen atoms in total. The highest BCUT2D eigenvalue weighted by Gasteiger charge is 2.22. The predicted molar refractivity (Wildman–Crippen MR) is 111 cm³/mol. The molecule has 1 aliphatic rings. The second kappa shape index (κ2) is 8.32. The van der Waals surface area contributed by atoms with Crippen LogP contribution in [0.15, 0.2) is 84.9 Å². The Balaban J connectivity index is 1.33. The molecule has 0 radical (unpaired) electrons. The summed E-state index contributed by atoms with van der Waals surface area (Å²) >= 11 is 0. The summed E-state index contributed by atoms with van der Waals surface area (Å²) in [5, 5.41) is 0. The number of piperidine rings is 1. The molecular formula is C25H25NO. The smallest absolute Gasteiger partial charge is 0.176 e. The van der Waals surface area contributed by atoms with Gasteiger partial charge in [0.25, 0.3) is 0 Å². The van der Waals surface area contributed by atoms with Gasteiger partial charge in [-0.15, -0.1) is 0 Å². The molecule has 3 aromatic rings. The van der Waals surface area contributed by atoms with Gasteiger partial charge in [-0.25, -0.2) is 0 Å². The van der Waals surface area contributed by atoms with Crippen molar-refractivity contribution in [1.29, 1.82) is 0 Å². The molecule has 3 aromatic carbocycles. The standard InChI is InChI=1S/C25H25NO/c27-25(24-9-5-2-6-10-24)19-26-17-15-23(16-18-26)22-13-11-21(12-14-22)20-7-3-1-4-8-20/h1-14,23H,15-19H2. The summed E-state index contributed by atoms with van der Waals surface area (Å²) in [5.41, 5.74) is 4.77. The summed E-state index contributed by atoms with van der Waals surface area (Å²) in [4.78, 5) is 14.7.